The van der Waals surface area contributed by atoms with Gasteiger partial charge in [-0.25, -0.2) is 0 Å². The summed E-state index contributed by atoms with van der Waals surface area (Å²) in [7, 11) is 2.06. The molecule has 0 amide bonds. The lowest BCUT2D eigenvalue weighted by Gasteiger charge is -2.12. The Morgan fingerprint density at radius 1 is 1.17 bits per heavy atom. The number of rotatable bonds is 7. The fraction of sp³-hybridized carbons (Fsp3) is 0.235. The second kappa shape index (κ2) is 8.51. The molecule has 6 heteroatoms. The highest BCUT2D eigenvalue weighted by Gasteiger charge is 2.16. The van der Waals surface area contributed by atoms with Gasteiger partial charge in [0.2, 0.25) is 0 Å². The lowest BCUT2D eigenvalue weighted by molar-refractivity contribution is -0.145. The Labute approximate surface area is 137 Å². The first kappa shape index (κ1) is 17.3. The van der Waals surface area contributed by atoms with Crippen molar-refractivity contribution in [1.29, 1.82) is 0 Å². The topological polar surface area (TPSA) is 81.8 Å². The quantitative estimate of drug-likeness (QED) is 0.600. The monoisotopic (exact) mass is 333 g/mol. The van der Waals surface area contributed by atoms with Gasteiger partial charge >= 0.3 is 5.97 Å². The third-order valence-corrected chi connectivity index (χ3v) is 3.64. The van der Waals surface area contributed by atoms with Crippen molar-refractivity contribution in [1.82, 2.24) is 0 Å². The molecule has 0 aliphatic rings. The molecule has 0 spiro atoms. The number of carbonyl (C=O) groups is 1. The van der Waals surface area contributed by atoms with Crippen LogP contribution in [0, 0.1) is 0 Å². The van der Waals surface area contributed by atoms with Gasteiger partial charge in [-0.3, -0.25) is 4.79 Å². The Kier molecular flexibility index (Phi) is 6.39. The minimum absolute atomic E-state index is 0.00199. The van der Waals surface area contributed by atoms with E-state index in [-0.39, 0.29) is 12.2 Å². The molecule has 122 valence electrons. The summed E-state index contributed by atoms with van der Waals surface area (Å²) in [6.45, 7) is 0.293. The molecule has 2 aromatic carbocycles. The molecule has 23 heavy (non-hydrogen) atoms. The molecule has 0 fully saturated rings. The Balaban J connectivity index is 1.81. The second-order valence-electron chi connectivity index (χ2n) is 5.13. The summed E-state index contributed by atoms with van der Waals surface area (Å²) in [5.41, 5.74) is 7.70. The van der Waals surface area contributed by atoms with Crippen molar-refractivity contribution < 1.29 is 19.2 Å². The standard InChI is InChI=1S/C17H20NO4P/c18-14(10-13-6-7-16(22-23)15(19)11-13)17(20)21-9-8-12-4-2-1-3-5-12/h1-7,11,14,19H,8-10,18,23H2/t14-/m0/s1. The molecule has 0 heterocycles. The maximum atomic E-state index is 11.9. The van der Waals surface area contributed by atoms with Crippen LogP contribution >= 0.6 is 9.47 Å². The van der Waals surface area contributed by atoms with Crippen molar-refractivity contribution in [2.75, 3.05) is 6.61 Å². The SMILES string of the molecule is N[C@@H](Cc1ccc(OP)c(O)c1)C(=O)OCCc1ccccc1. The van der Waals surface area contributed by atoms with E-state index in [0.717, 1.165) is 11.1 Å². The molecule has 0 saturated heterocycles. The number of phenolic OH excluding ortho intramolecular Hbond substituents is 1. The van der Waals surface area contributed by atoms with Crippen LogP contribution in [-0.4, -0.2) is 23.7 Å². The first-order valence-corrected chi connectivity index (χ1v) is 7.72. The molecular weight excluding hydrogens is 313 g/mol. The molecule has 5 nitrogen and oxygen atoms in total. The van der Waals surface area contributed by atoms with Crippen LogP contribution < -0.4 is 10.3 Å². The minimum Gasteiger partial charge on any atom is -0.504 e. The molecule has 0 saturated carbocycles. The van der Waals surface area contributed by atoms with Gasteiger partial charge in [0.1, 0.15) is 6.04 Å². The van der Waals surface area contributed by atoms with Crippen molar-refractivity contribution in [3.05, 3.63) is 59.7 Å². The number of carbonyl (C=O) groups excluding carboxylic acids is 1. The van der Waals surface area contributed by atoms with Crippen LogP contribution in [0.1, 0.15) is 11.1 Å². The summed E-state index contributed by atoms with van der Waals surface area (Å²) in [5.74, 6) is -0.105. The number of benzene rings is 2. The van der Waals surface area contributed by atoms with E-state index in [1.54, 1.807) is 12.1 Å². The lowest BCUT2D eigenvalue weighted by Crippen LogP contribution is -2.34. The summed E-state index contributed by atoms with van der Waals surface area (Å²) in [4.78, 5) is 11.9. The second-order valence-corrected chi connectivity index (χ2v) is 5.37. The number of ether oxygens (including phenoxy) is 1. The molecular formula is C17H20NO4P. The summed E-state index contributed by atoms with van der Waals surface area (Å²) < 4.78 is 10.1. The van der Waals surface area contributed by atoms with E-state index < -0.39 is 12.0 Å². The van der Waals surface area contributed by atoms with Gasteiger partial charge in [-0.05, 0) is 29.7 Å². The largest absolute Gasteiger partial charge is 0.504 e. The average Bonchev–Trinajstić information content (AvgIpc) is 2.56. The van der Waals surface area contributed by atoms with E-state index in [1.807, 2.05) is 30.3 Å². The van der Waals surface area contributed by atoms with Gasteiger partial charge in [0.25, 0.3) is 0 Å². The van der Waals surface area contributed by atoms with Crippen LogP contribution in [0.4, 0.5) is 0 Å². The predicted octanol–water partition coefficient (Wildman–Crippen LogP) is 2.22. The maximum Gasteiger partial charge on any atom is 0.323 e. The molecule has 2 atom stereocenters. The minimum atomic E-state index is -0.770. The summed E-state index contributed by atoms with van der Waals surface area (Å²) in [6, 6.07) is 13.9. The summed E-state index contributed by atoms with van der Waals surface area (Å²) in [6.07, 6.45) is 0.940. The van der Waals surface area contributed by atoms with Gasteiger partial charge in [0.15, 0.2) is 11.5 Å². The Hall–Kier alpha value is -2.10. The average molecular weight is 333 g/mol. The van der Waals surface area contributed by atoms with Gasteiger partial charge in [-0.1, -0.05) is 36.4 Å². The van der Waals surface area contributed by atoms with E-state index in [1.165, 1.54) is 6.07 Å². The normalized spacial score (nSPS) is 11.7. The van der Waals surface area contributed by atoms with E-state index in [4.69, 9.17) is 15.0 Å². The van der Waals surface area contributed by atoms with Crippen molar-refractivity contribution in [2.45, 2.75) is 18.9 Å². The third-order valence-electron chi connectivity index (χ3n) is 3.39. The zero-order chi connectivity index (χ0) is 16.7. The van der Waals surface area contributed by atoms with Gasteiger partial charge in [0.05, 0.1) is 16.1 Å². The van der Waals surface area contributed by atoms with E-state index in [2.05, 4.69) is 9.47 Å². The molecule has 2 rings (SSSR count). The highest BCUT2D eigenvalue weighted by molar-refractivity contribution is 7.10. The summed E-state index contributed by atoms with van der Waals surface area (Å²) in [5, 5.41) is 9.71. The lowest BCUT2D eigenvalue weighted by atomic mass is 10.1. The van der Waals surface area contributed by atoms with Gasteiger partial charge in [-0.15, -0.1) is 0 Å². The zero-order valence-electron chi connectivity index (χ0n) is 12.6. The van der Waals surface area contributed by atoms with E-state index in [0.29, 0.717) is 18.8 Å². The highest BCUT2D eigenvalue weighted by atomic mass is 31.0. The molecule has 1 unspecified atom stereocenters. The maximum absolute atomic E-state index is 11.9. The first-order valence-electron chi connectivity index (χ1n) is 7.25. The molecule has 3 N–H and O–H groups in total. The van der Waals surface area contributed by atoms with Crippen LogP contribution in [0.2, 0.25) is 0 Å². The molecule has 0 radical (unpaired) electrons. The number of phenols is 1. The summed E-state index contributed by atoms with van der Waals surface area (Å²) >= 11 is 0. The van der Waals surface area contributed by atoms with Crippen LogP contribution in [0.25, 0.3) is 0 Å². The molecule has 0 aliphatic carbocycles. The van der Waals surface area contributed by atoms with Crippen LogP contribution in [0.5, 0.6) is 11.5 Å². The first-order chi connectivity index (χ1) is 11.1. The van der Waals surface area contributed by atoms with Crippen LogP contribution in [0.15, 0.2) is 48.5 Å². The molecule has 0 aromatic heterocycles. The Morgan fingerprint density at radius 3 is 2.57 bits per heavy atom. The Morgan fingerprint density at radius 2 is 1.91 bits per heavy atom. The zero-order valence-corrected chi connectivity index (χ0v) is 13.8. The van der Waals surface area contributed by atoms with Crippen molar-refractivity contribution in [3.63, 3.8) is 0 Å². The van der Waals surface area contributed by atoms with Crippen molar-refractivity contribution in [2.24, 2.45) is 5.73 Å². The fourth-order valence-corrected chi connectivity index (χ4v) is 2.35. The van der Waals surface area contributed by atoms with Gasteiger partial charge < -0.3 is 20.1 Å². The molecule has 0 bridgehead atoms. The number of nitrogens with two attached hydrogens (primary N) is 1. The Bertz CT molecular complexity index is 648. The smallest absolute Gasteiger partial charge is 0.323 e. The van der Waals surface area contributed by atoms with Crippen LogP contribution in [0.3, 0.4) is 0 Å². The third kappa shape index (κ3) is 5.23. The highest BCUT2D eigenvalue weighted by Crippen LogP contribution is 2.28. The van der Waals surface area contributed by atoms with E-state index >= 15 is 0 Å². The van der Waals surface area contributed by atoms with E-state index in [9.17, 15) is 9.90 Å². The number of hydrogen-bond donors (Lipinski definition) is 2. The number of hydrogen-bond acceptors (Lipinski definition) is 5. The van der Waals surface area contributed by atoms with Crippen molar-refractivity contribution >= 4 is 15.4 Å². The number of esters is 1. The number of aromatic hydroxyl groups is 1. The predicted molar refractivity (Wildman–Crippen MR) is 91.2 cm³/mol. The van der Waals surface area contributed by atoms with Crippen molar-refractivity contribution in [3.8, 4) is 11.5 Å². The van der Waals surface area contributed by atoms with Crippen LogP contribution in [-0.2, 0) is 22.4 Å². The molecule has 2 aromatic rings. The fourth-order valence-electron chi connectivity index (χ4n) is 2.15. The van der Waals surface area contributed by atoms with Gasteiger partial charge in [-0.2, -0.15) is 0 Å². The molecule has 0 aliphatic heterocycles. The van der Waals surface area contributed by atoms with Gasteiger partial charge in [0, 0.05) is 6.42 Å².